The summed E-state index contributed by atoms with van der Waals surface area (Å²) in [4.78, 5) is 24.0. The van der Waals surface area contributed by atoms with E-state index in [0.717, 1.165) is 6.42 Å². The highest BCUT2D eigenvalue weighted by molar-refractivity contribution is 5.80. The highest BCUT2D eigenvalue weighted by atomic mass is 16.5. The second-order valence-corrected chi connectivity index (χ2v) is 4.91. The largest absolute Gasteiger partial charge is 0.480 e. The lowest BCUT2D eigenvalue weighted by molar-refractivity contribution is -0.138. The summed E-state index contributed by atoms with van der Waals surface area (Å²) in [6.45, 7) is 6.28. The second-order valence-electron chi connectivity index (χ2n) is 4.91. The molecule has 0 aliphatic carbocycles. The van der Waals surface area contributed by atoms with Crippen LogP contribution >= 0.6 is 0 Å². The van der Waals surface area contributed by atoms with Gasteiger partial charge in [0.1, 0.15) is 6.54 Å². The van der Waals surface area contributed by atoms with Crippen molar-refractivity contribution in [2.45, 2.75) is 38.8 Å². The first-order valence-corrected chi connectivity index (χ1v) is 5.72. The standard InChI is InChI=1S/C11H20N2O4/c1-8(2)13(6-9(14)15)10(16)12-11(3)4-5-17-7-11/h8H,4-7H2,1-3H3,(H,12,16)(H,14,15). The molecule has 1 aliphatic rings. The third-order valence-electron chi connectivity index (χ3n) is 2.82. The molecule has 98 valence electrons. The number of urea groups is 1. The maximum atomic E-state index is 12.0. The summed E-state index contributed by atoms with van der Waals surface area (Å²) < 4.78 is 5.23. The average Bonchev–Trinajstić information content (AvgIpc) is 2.60. The van der Waals surface area contributed by atoms with E-state index in [9.17, 15) is 9.59 Å². The molecule has 6 nitrogen and oxygen atoms in total. The van der Waals surface area contributed by atoms with Gasteiger partial charge in [0, 0.05) is 12.6 Å². The lowest BCUT2D eigenvalue weighted by atomic mass is 10.0. The number of carbonyl (C=O) groups is 2. The van der Waals surface area contributed by atoms with Crippen molar-refractivity contribution in [2.75, 3.05) is 19.8 Å². The van der Waals surface area contributed by atoms with Gasteiger partial charge in [0.15, 0.2) is 0 Å². The van der Waals surface area contributed by atoms with Gasteiger partial charge in [-0.2, -0.15) is 0 Å². The predicted octanol–water partition coefficient (Wildman–Crippen LogP) is 0.670. The van der Waals surface area contributed by atoms with Gasteiger partial charge in [-0.25, -0.2) is 4.79 Å². The molecule has 0 aromatic carbocycles. The molecule has 1 atom stereocenters. The number of hydrogen-bond acceptors (Lipinski definition) is 3. The molecule has 0 saturated carbocycles. The van der Waals surface area contributed by atoms with Gasteiger partial charge in [-0.15, -0.1) is 0 Å². The van der Waals surface area contributed by atoms with Crippen molar-refractivity contribution < 1.29 is 19.4 Å². The molecular formula is C11H20N2O4. The van der Waals surface area contributed by atoms with E-state index in [1.165, 1.54) is 4.90 Å². The van der Waals surface area contributed by atoms with E-state index >= 15 is 0 Å². The summed E-state index contributed by atoms with van der Waals surface area (Å²) >= 11 is 0. The van der Waals surface area contributed by atoms with Crippen LogP contribution in [0.5, 0.6) is 0 Å². The molecule has 1 fully saturated rings. The number of aliphatic carboxylic acids is 1. The van der Waals surface area contributed by atoms with Crippen LogP contribution in [0.3, 0.4) is 0 Å². The number of rotatable bonds is 4. The Bertz CT molecular complexity index is 298. The summed E-state index contributed by atoms with van der Waals surface area (Å²) in [5, 5.41) is 11.6. The lowest BCUT2D eigenvalue weighted by Gasteiger charge is -2.31. The number of nitrogens with one attached hydrogen (secondary N) is 1. The van der Waals surface area contributed by atoms with Crippen molar-refractivity contribution in [1.82, 2.24) is 10.2 Å². The van der Waals surface area contributed by atoms with Crippen molar-refractivity contribution in [2.24, 2.45) is 0 Å². The second kappa shape index (κ2) is 5.35. The molecule has 0 radical (unpaired) electrons. The molecule has 2 amide bonds. The summed E-state index contributed by atoms with van der Waals surface area (Å²) in [7, 11) is 0. The Hall–Kier alpha value is -1.30. The van der Waals surface area contributed by atoms with Gasteiger partial charge < -0.3 is 20.1 Å². The molecule has 0 spiro atoms. The van der Waals surface area contributed by atoms with E-state index in [0.29, 0.717) is 13.2 Å². The molecule has 0 aromatic heterocycles. The van der Waals surface area contributed by atoms with E-state index in [4.69, 9.17) is 9.84 Å². The van der Waals surface area contributed by atoms with Crippen LogP contribution in [0.4, 0.5) is 4.79 Å². The van der Waals surface area contributed by atoms with Crippen molar-refractivity contribution in [1.29, 1.82) is 0 Å². The highest BCUT2D eigenvalue weighted by Gasteiger charge is 2.33. The zero-order valence-corrected chi connectivity index (χ0v) is 10.5. The topological polar surface area (TPSA) is 78.9 Å². The molecule has 6 heteroatoms. The Kier molecular flexibility index (Phi) is 4.34. The summed E-state index contributed by atoms with van der Waals surface area (Å²) in [6.07, 6.45) is 0.748. The first-order chi connectivity index (χ1) is 7.84. The van der Waals surface area contributed by atoms with Crippen LogP contribution in [-0.2, 0) is 9.53 Å². The minimum Gasteiger partial charge on any atom is -0.480 e. The first-order valence-electron chi connectivity index (χ1n) is 5.72. The molecule has 17 heavy (non-hydrogen) atoms. The average molecular weight is 244 g/mol. The fraction of sp³-hybridized carbons (Fsp3) is 0.818. The Labute approximate surface area is 101 Å². The Morgan fingerprint density at radius 3 is 2.59 bits per heavy atom. The van der Waals surface area contributed by atoms with E-state index in [2.05, 4.69) is 5.32 Å². The van der Waals surface area contributed by atoms with Gasteiger partial charge in [0.05, 0.1) is 12.1 Å². The molecular weight excluding hydrogens is 224 g/mol. The number of carbonyl (C=O) groups excluding carboxylic acids is 1. The van der Waals surface area contributed by atoms with Crippen LogP contribution in [0.1, 0.15) is 27.2 Å². The third-order valence-corrected chi connectivity index (χ3v) is 2.82. The van der Waals surface area contributed by atoms with E-state index in [1.54, 1.807) is 13.8 Å². The van der Waals surface area contributed by atoms with E-state index in [1.807, 2.05) is 6.92 Å². The molecule has 2 N–H and O–H groups in total. The number of ether oxygens (including phenoxy) is 1. The van der Waals surface area contributed by atoms with E-state index < -0.39 is 5.97 Å². The zero-order chi connectivity index (χ0) is 13.1. The van der Waals surface area contributed by atoms with Crippen LogP contribution < -0.4 is 5.32 Å². The van der Waals surface area contributed by atoms with Crippen LogP contribution in [0.2, 0.25) is 0 Å². The van der Waals surface area contributed by atoms with Gasteiger partial charge in [0.2, 0.25) is 0 Å². The molecule has 0 aromatic rings. The van der Waals surface area contributed by atoms with Crippen LogP contribution in [0.15, 0.2) is 0 Å². The van der Waals surface area contributed by atoms with Gasteiger partial charge in [-0.05, 0) is 27.2 Å². The Balaban J connectivity index is 2.61. The van der Waals surface area contributed by atoms with Crippen LogP contribution in [-0.4, -0.2) is 53.3 Å². The summed E-state index contributed by atoms with van der Waals surface area (Å²) in [6, 6.07) is -0.507. The van der Waals surface area contributed by atoms with Crippen LogP contribution in [0.25, 0.3) is 0 Å². The zero-order valence-electron chi connectivity index (χ0n) is 10.5. The van der Waals surface area contributed by atoms with E-state index in [-0.39, 0.29) is 24.2 Å². The number of amides is 2. The maximum absolute atomic E-state index is 12.0. The highest BCUT2D eigenvalue weighted by Crippen LogP contribution is 2.18. The maximum Gasteiger partial charge on any atom is 0.323 e. The lowest BCUT2D eigenvalue weighted by Crippen LogP contribution is -2.54. The Morgan fingerprint density at radius 2 is 2.18 bits per heavy atom. The smallest absolute Gasteiger partial charge is 0.323 e. The minimum atomic E-state index is -1.01. The van der Waals surface area contributed by atoms with Crippen molar-refractivity contribution in [3.63, 3.8) is 0 Å². The molecule has 1 saturated heterocycles. The number of carboxylic acid groups (broad SMARTS) is 1. The number of carboxylic acids is 1. The van der Waals surface area contributed by atoms with Crippen molar-refractivity contribution >= 4 is 12.0 Å². The fourth-order valence-electron chi connectivity index (χ4n) is 1.73. The molecule has 1 unspecified atom stereocenters. The number of hydrogen-bond donors (Lipinski definition) is 2. The summed E-state index contributed by atoms with van der Waals surface area (Å²) in [5.41, 5.74) is -0.386. The van der Waals surface area contributed by atoms with Gasteiger partial charge >= 0.3 is 12.0 Å². The molecule has 0 bridgehead atoms. The van der Waals surface area contributed by atoms with Gasteiger partial charge in [-0.3, -0.25) is 4.79 Å². The van der Waals surface area contributed by atoms with Crippen molar-refractivity contribution in [3.8, 4) is 0 Å². The summed E-state index contributed by atoms with van der Waals surface area (Å²) in [5.74, 6) is -1.01. The molecule has 1 aliphatic heterocycles. The third kappa shape index (κ3) is 3.89. The Morgan fingerprint density at radius 1 is 1.53 bits per heavy atom. The van der Waals surface area contributed by atoms with Crippen molar-refractivity contribution in [3.05, 3.63) is 0 Å². The van der Waals surface area contributed by atoms with Gasteiger partial charge in [0.25, 0.3) is 0 Å². The minimum absolute atomic E-state index is 0.156. The predicted molar refractivity (Wildman–Crippen MR) is 61.9 cm³/mol. The monoisotopic (exact) mass is 244 g/mol. The number of nitrogens with zero attached hydrogens (tertiary/aromatic N) is 1. The fourth-order valence-corrected chi connectivity index (χ4v) is 1.73. The van der Waals surface area contributed by atoms with Gasteiger partial charge in [-0.1, -0.05) is 0 Å². The molecule has 1 rings (SSSR count). The molecule has 1 heterocycles. The SMILES string of the molecule is CC(C)N(CC(=O)O)C(=O)NC1(C)CCOC1. The van der Waals surface area contributed by atoms with Crippen LogP contribution in [0, 0.1) is 0 Å². The quantitative estimate of drug-likeness (QED) is 0.762. The first kappa shape index (κ1) is 13.8. The normalized spacial score (nSPS) is 23.8.